The fraction of sp³-hybridized carbons (Fsp3) is 0.227. The molecule has 4 nitrogen and oxygen atoms in total. The second kappa shape index (κ2) is 8.50. The molecule has 0 saturated heterocycles. The van der Waals surface area contributed by atoms with E-state index in [1.54, 1.807) is 6.20 Å². The van der Waals surface area contributed by atoms with Crippen LogP contribution in [0.15, 0.2) is 77.7 Å². The number of hydrogen-bond acceptors (Lipinski definition) is 3. The van der Waals surface area contributed by atoms with Crippen molar-refractivity contribution in [3.63, 3.8) is 0 Å². The molecule has 26 heavy (non-hydrogen) atoms. The topological polar surface area (TPSA) is 51.5 Å². The summed E-state index contributed by atoms with van der Waals surface area (Å²) in [7, 11) is 0. The summed E-state index contributed by atoms with van der Waals surface area (Å²) in [5.74, 6) is 0.336. The van der Waals surface area contributed by atoms with Crippen molar-refractivity contribution >= 4 is 0 Å². The third-order valence-corrected chi connectivity index (χ3v) is 4.47. The maximum atomic E-state index is 12.3. The lowest BCUT2D eigenvalue weighted by molar-refractivity contribution is 0.221. The quantitative estimate of drug-likeness (QED) is 0.710. The molecule has 0 saturated carbocycles. The van der Waals surface area contributed by atoms with Gasteiger partial charge in [-0.05, 0) is 24.5 Å². The Hall–Kier alpha value is -2.85. The van der Waals surface area contributed by atoms with Gasteiger partial charge in [-0.25, -0.2) is 0 Å². The van der Waals surface area contributed by atoms with E-state index in [9.17, 15) is 9.90 Å². The Bertz CT molecular complexity index is 888. The van der Waals surface area contributed by atoms with Gasteiger partial charge in [0, 0.05) is 12.3 Å². The first-order chi connectivity index (χ1) is 12.7. The Balaban J connectivity index is 1.84. The molecule has 0 aliphatic rings. The average Bonchev–Trinajstić information content (AvgIpc) is 2.68. The summed E-state index contributed by atoms with van der Waals surface area (Å²) < 4.78 is 7.75. The number of aliphatic hydroxyl groups is 1. The zero-order valence-electron chi connectivity index (χ0n) is 14.8. The van der Waals surface area contributed by atoms with Crippen molar-refractivity contribution in [2.45, 2.75) is 26.0 Å². The molecule has 0 unspecified atom stereocenters. The van der Waals surface area contributed by atoms with Crippen molar-refractivity contribution in [2.75, 3.05) is 6.61 Å². The van der Waals surface area contributed by atoms with E-state index in [-0.39, 0.29) is 18.1 Å². The number of aliphatic hydroxyl groups excluding tert-OH is 1. The monoisotopic (exact) mass is 349 g/mol. The van der Waals surface area contributed by atoms with Crippen LogP contribution < -0.4 is 10.2 Å². The molecule has 0 aliphatic carbocycles. The first-order valence-electron chi connectivity index (χ1n) is 8.72. The molecule has 1 N–H and O–H groups in total. The van der Waals surface area contributed by atoms with E-state index in [1.165, 1.54) is 6.07 Å². The van der Waals surface area contributed by atoms with Gasteiger partial charge in [-0.3, -0.25) is 4.79 Å². The SMILES string of the molecule is Cc1c(OCc2ccccc2)c(=O)ccn1[C@@H](CO)Cc1ccccc1. The van der Waals surface area contributed by atoms with Crippen LogP contribution in [0.1, 0.15) is 22.9 Å². The van der Waals surface area contributed by atoms with Gasteiger partial charge in [-0.1, -0.05) is 60.7 Å². The second-order valence-corrected chi connectivity index (χ2v) is 6.30. The highest BCUT2D eigenvalue weighted by molar-refractivity contribution is 5.29. The predicted molar refractivity (Wildman–Crippen MR) is 102 cm³/mol. The van der Waals surface area contributed by atoms with Crippen molar-refractivity contribution in [2.24, 2.45) is 0 Å². The average molecular weight is 349 g/mol. The summed E-state index contributed by atoms with van der Waals surface area (Å²) >= 11 is 0. The molecule has 1 heterocycles. The molecular weight excluding hydrogens is 326 g/mol. The first-order valence-corrected chi connectivity index (χ1v) is 8.72. The lowest BCUT2D eigenvalue weighted by atomic mass is 10.1. The number of pyridine rings is 1. The summed E-state index contributed by atoms with van der Waals surface area (Å²) in [6.07, 6.45) is 2.41. The normalized spacial score (nSPS) is 11.9. The predicted octanol–water partition coefficient (Wildman–Crippen LogP) is 3.51. The molecule has 3 aromatic rings. The van der Waals surface area contributed by atoms with E-state index >= 15 is 0 Å². The van der Waals surface area contributed by atoms with Crippen LogP contribution >= 0.6 is 0 Å². The standard InChI is InChI=1S/C22H23NO3/c1-17-22(26-16-19-10-6-3-7-11-19)21(25)12-13-23(17)20(15-24)14-18-8-4-2-5-9-18/h2-13,20,24H,14-16H2,1H3/t20-/m1/s1. The number of rotatable bonds is 7. The molecule has 4 heteroatoms. The van der Waals surface area contributed by atoms with Gasteiger partial charge in [0.15, 0.2) is 5.75 Å². The van der Waals surface area contributed by atoms with Gasteiger partial charge in [-0.2, -0.15) is 0 Å². The van der Waals surface area contributed by atoms with Gasteiger partial charge in [-0.15, -0.1) is 0 Å². The minimum Gasteiger partial charge on any atom is -0.483 e. The Kier molecular flexibility index (Phi) is 5.87. The Labute approximate surface area is 153 Å². The van der Waals surface area contributed by atoms with E-state index in [2.05, 4.69) is 0 Å². The van der Waals surface area contributed by atoms with Crippen LogP contribution in [-0.2, 0) is 13.0 Å². The van der Waals surface area contributed by atoms with Gasteiger partial charge >= 0.3 is 0 Å². The Morgan fingerprint density at radius 3 is 2.19 bits per heavy atom. The molecule has 3 rings (SSSR count). The van der Waals surface area contributed by atoms with Crippen molar-refractivity contribution in [1.29, 1.82) is 0 Å². The maximum absolute atomic E-state index is 12.3. The third-order valence-electron chi connectivity index (χ3n) is 4.47. The van der Waals surface area contributed by atoms with Crippen LogP contribution in [0.4, 0.5) is 0 Å². The van der Waals surface area contributed by atoms with Gasteiger partial charge in [0.1, 0.15) is 6.61 Å². The molecule has 1 atom stereocenters. The zero-order valence-corrected chi connectivity index (χ0v) is 14.8. The summed E-state index contributed by atoms with van der Waals surface area (Å²) in [6.45, 7) is 2.18. The number of hydrogen-bond donors (Lipinski definition) is 1. The molecule has 134 valence electrons. The lowest BCUT2D eigenvalue weighted by Crippen LogP contribution is -2.22. The molecule has 0 fully saturated rings. The number of aromatic nitrogens is 1. The van der Waals surface area contributed by atoms with Crippen LogP contribution in [0.25, 0.3) is 0 Å². The molecule has 0 bridgehead atoms. The number of ether oxygens (including phenoxy) is 1. The smallest absolute Gasteiger partial charge is 0.223 e. The van der Waals surface area contributed by atoms with Crippen molar-refractivity contribution < 1.29 is 9.84 Å². The van der Waals surface area contributed by atoms with Crippen molar-refractivity contribution in [1.82, 2.24) is 4.57 Å². The van der Waals surface area contributed by atoms with Gasteiger partial charge in [0.2, 0.25) is 5.43 Å². The van der Waals surface area contributed by atoms with Crippen LogP contribution in [0.2, 0.25) is 0 Å². The van der Waals surface area contributed by atoms with Gasteiger partial charge in [0.05, 0.1) is 18.3 Å². The summed E-state index contributed by atoms with van der Waals surface area (Å²) in [4.78, 5) is 12.3. The van der Waals surface area contributed by atoms with Crippen LogP contribution in [0, 0.1) is 6.92 Å². The molecular formula is C22H23NO3. The highest BCUT2D eigenvalue weighted by Gasteiger charge is 2.16. The first kappa shape index (κ1) is 18.0. The second-order valence-electron chi connectivity index (χ2n) is 6.30. The fourth-order valence-corrected chi connectivity index (χ4v) is 3.07. The van der Waals surface area contributed by atoms with E-state index in [0.717, 1.165) is 16.8 Å². The van der Waals surface area contributed by atoms with Gasteiger partial charge in [0.25, 0.3) is 0 Å². The highest BCUT2D eigenvalue weighted by Crippen LogP contribution is 2.21. The van der Waals surface area contributed by atoms with Crippen molar-refractivity contribution in [3.05, 3.63) is 100.0 Å². The highest BCUT2D eigenvalue weighted by atomic mass is 16.5. The third kappa shape index (κ3) is 4.21. The van der Waals surface area contributed by atoms with Crippen LogP contribution in [-0.4, -0.2) is 16.3 Å². The lowest BCUT2D eigenvalue weighted by Gasteiger charge is -2.22. The van der Waals surface area contributed by atoms with E-state index < -0.39 is 0 Å². The molecule has 0 radical (unpaired) electrons. The maximum Gasteiger partial charge on any atom is 0.223 e. The van der Waals surface area contributed by atoms with E-state index in [0.29, 0.717) is 18.8 Å². The summed E-state index contributed by atoms with van der Waals surface area (Å²) in [5, 5.41) is 9.89. The summed E-state index contributed by atoms with van der Waals surface area (Å²) in [5.41, 5.74) is 2.72. The Morgan fingerprint density at radius 2 is 1.58 bits per heavy atom. The van der Waals surface area contributed by atoms with Crippen LogP contribution in [0.5, 0.6) is 5.75 Å². The molecule has 0 spiro atoms. The molecule has 2 aromatic carbocycles. The van der Waals surface area contributed by atoms with Crippen LogP contribution in [0.3, 0.4) is 0 Å². The minimum absolute atomic E-state index is 0.0171. The summed E-state index contributed by atoms with van der Waals surface area (Å²) in [6, 6.07) is 21.1. The zero-order chi connectivity index (χ0) is 18.4. The van der Waals surface area contributed by atoms with Crippen molar-refractivity contribution in [3.8, 4) is 5.75 Å². The number of benzene rings is 2. The molecule has 0 amide bonds. The van der Waals surface area contributed by atoms with Gasteiger partial charge < -0.3 is 14.4 Å². The van der Waals surface area contributed by atoms with E-state index in [4.69, 9.17) is 4.74 Å². The largest absolute Gasteiger partial charge is 0.483 e. The number of nitrogens with zero attached hydrogens (tertiary/aromatic N) is 1. The van der Waals surface area contributed by atoms with E-state index in [1.807, 2.05) is 72.2 Å². The molecule has 0 aliphatic heterocycles. The fourth-order valence-electron chi connectivity index (χ4n) is 3.07. The molecule has 1 aromatic heterocycles. The Morgan fingerprint density at radius 1 is 0.962 bits per heavy atom. The minimum atomic E-state index is -0.155.